The lowest BCUT2D eigenvalue weighted by Gasteiger charge is -2.11. The van der Waals surface area contributed by atoms with Crippen LogP contribution in [-0.4, -0.2) is 41.2 Å². The molecule has 0 bridgehead atoms. The molecule has 1 N–H and O–H groups in total. The second-order valence-electron chi connectivity index (χ2n) is 5.55. The third kappa shape index (κ3) is 2.88. The zero-order chi connectivity index (χ0) is 17.3. The molecule has 0 saturated heterocycles. The van der Waals surface area contributed by atoms with Crippen molar-refractivity contribution >= 4 is 20.9 Å². The minimum absolute atomic E-state index is 0.0673. The predicted molar refractivity (Wildman–Crippen MR) is 92.1 cm³/mol. The highest BCUT2D eigenvalue weighted by atomic mass is 32.2. The van der Waals surface area contributed by atoms with Gasteiger partial charge in [-0.1, -0.05) is 18.2 Å². The molecule has 0 aliphatic heterocycles. The second kappa shape index (κ2) is 6.26. The molecule has 7 heteroatoms. The number of phenolic OH excluding ortho intramolecular Hbond substituents is 1. The van der Waals surface area contributed by atoms with E-state index in [9.17, 15) is 13.5 Å². The number of hydrogen-bond donors (Lipinski definition) is 1. The fourth-order valence-corrected chi connectivity index (χ4v) is 3.79. The van der Waals surface area contributed by atoms with Gasteiger partial charge in [-0.25, -0.2) is 0 Å². The van der Waals surface area contributed by atoms with E-state index in [4.69, 9.17) is 0 Å². The van der Waals surface area contributed by atoms with Gasteiger partial charge in [0.15, 0.2) is 0 Å². The van der Waals surface area contributed by atoms with Crippen molar-refractivity contribution in [3.05, 3.63) is 61.1 Å². The smallest absolute Gasteiger partial charge is 0.283 e. The molecule has 0 aliphatic rings. The van der Waals surface area contributed by atoms with Crippen LogP contribution in [0.1, 0.15) is 5.69 Å². The summed E-state index contributed by atoms with van der Waals surface area (Å²) in [6.45, 7) is 4.79. The summed E-state index contributed by atoms with van der Waals surface area (Å²) in [6.07, 6.45) is 0. The van der Waals surface area contributed by atoms with Crippen molar-refractivity contribution in [2.45, 2.75) is 11.4 Å². The van der Waals surface area contributed by atoms with Gasteiger partial charge in [0, 0.05) is 11.9 Å². The Bertz CT molecular complexity index is 965. The van der Waals surface area contributed by atoms with Gasteiger partial charge in [0.25, 0.3) is 10.0 Å². The van der Waals surface area contributed by atoms with Gasteiger partial charge in [0.1, 0.15) is 5.75 Å². The van der Waals surface area contributed by atoms with Crippen LogP contribution in [0, 0.1) is 6.92 Å². The quantitative estimate of drug-likeness (QED) is 0.768. The van der Waals surface area contributed by atoms with Crippen molar-refractivity contribution in [2.75, 3.05) is 13.6 Å². The maximum absolute atomic E-state index is 12.9. The van der Waals surface area contributed by atoms with E-state index in [-0.39, 0.29) is 10.6 Å². The number of nitrogens with zero attached hydrogens (tertiary/aromatic N) is 3. The number of aromatic hydroxyl groups is 1. The average Bonchev–Trinajstić information content (AvgIpc) is 2.94. The third-order valence-electron chi connectivity index (χ3n) is 3.78. The fraction of sp³-hybridized carbons (Fsp3) is 0.176. The van der Waals surface area contributed by atoms with Gasteiger partial charge >= 0.3 is 0 Å². The SMILES string of the molecule is [CH2]CN(C)Cc1nn(S(=O)(=O)c2ccccc2)c2ccc(O)cc12. The number of fused-ring (bicyclic) bond motifs is 1. The van der Waals surface area contributed by atoms with E-state index in [0.29, 0.717) is 29.7 Å². The van der Waals surface area contributed by atoms with Gasteiger partial charge in [-0.2, -0.15) is 17.6 Å². The molecular weight excluding hydrogens is 326 g/mol. The average molecular weight is 344 g/mol. The Morgan fingerprint density at radius 2 is 1.92 bits per heavy atom. The standard InChI is InChI=1S/C17H18N3O3S/c1-3-19(2)12-16-15-11-13(21)9-10-17(15)20(18-16)24(22,23)14-7-5-4-6-8-14/h4-11,21H,1,3,12H2,2H3. The summed E-state index contributed by atoms with van der Waals surface area (Å²) in [5.41, 5.74) is 1.01. The van der Waals surface area contributed by atoms with Gasteiger partial charge in [-0.15, -0.1) is 0 Å². The monoisotopic (exact) mass is 344 g/mol. The minimum atomic E-state index is -3.81. The van der Waals surface area contributed by atoms with Gasteiger partial charge in [0.05, 0.1) is 16.1 Å². The zero-order valence-corrected chi connectivity index (χ0v) is 14.1. The summed E-state index contributed by atoms with van der Waals surface area (Å²) in [5.74, 6) is 0.0673. The van der Waals surface area contributed by atoms with Crippen LogP contribution in [0.25, 0.3) is 10.9 Å². The maximum Gasteiger partial charge on any atom is 0.283 e. The first-order valence-electron chi connectivity index (χ1n) is 7.42. The lowest BCUT2D eigenvalue weighted by atomic mass is 10.2. The molecule has 3 aromatic rings. The number of rotatable bonds is 5. The molecule has 0 fully saturated rings. The van der Waals surface area contributed by atoms with Gasteiger partial charge < -0.3 is 10.0 Å². The molecule has 24 heavy (non-hydrogen) atoms. The Balaban J connectivity index is 2.22. The maximum atomic E-state index is 12.9. The van der Waals surface area contributed by atoms with E-state index in [1.54, 1.807) is 24.3 Å². The van der Waals surface area contributed by atoms with E-state index < -0.39 is 10.0 Å². The number of aromatic nitrogens is 2. The Morgan fingerprint density at radius 1 is 1.21 bits per heavy atom. The molecule has 0 amide bonds. The summed E-state index contributed by atoms with van der Waals surface area (Å²) in [7, 11) is -1.94. The van der Waals surface area contributed by atoms with Gasteiger partial charge in [-0.3, -0.25) is 0 Å². The number of hydrogen-bond acceptors (Lipinski definition) is 5. The van der Waals surface area contributed by atoms with Crippen LogP contribution in [0.15, 0.2) is 53.4 Å². The predicted octanol–water partition coefficient (Wildman–Crippen LogP) is 2.24. The van der Waals surface area contributed by atoms with Crippen LogP contribution in [0.3, 0.4) is 0 Å². The highest BCUT2D eigenvalue weighted by Gasteiger charge is 2.23. The van der Waals surface area contributed by atoms with E-state index in [1.807, 2.05) is 11.9 Å². The Kier molecular flexibility index (Phi) is 4.29. The van der Waals surface area contributed by atoms with Crippen LogP contribution in [-0.2, 0) is 16.6 Å². The molecule has 1 radical (unpaired) electrons. The first-order chi connectivity index (χ1) is 11.4. The molecule has 3 rings (SSSR count). The Labute approximate surface area is 141 Å². The molecule has 125 valence electrons. The molecule has 0 spiro atoms. The van der Waals surface area contributed by atoms with Crippen LogP contribution < -0.4 is 0 Å². The lowest BCUT2D eigenvalue weighted by Crippen LogP contribution is -2.19. The van der Waals surface area contributed by atoms with Crippen molar-refractivity contribution < 1.29 is 13.5 Å². The highest BCUT2D eigenvalue weighted by Crippen LogP contribution is 2.27. The molecule has 2 aromatic carbocycles. The zero-order valence-electron chi connectivity index (χ0n) is 13.3. The van der Waals surface area contributed by atoms with Crippen LogP contribution in [0.4, 0.5) is 0 Å². The first kappa shape index (κ1) is 16.5. The van der Waals surface area contributed by atoms with E-state index in [1.165, 1.54) is 24.3 Å². The molecule has 0 unspecified atom stereocenters. The van der Waals surface area contributed by atoms with E-state index in [0.717, 1.165) is 4.09 Å². The Hall–Kier alpha value is -2.38. The van der Waals surface area contributed by atoms with Crippen molar-refractivity contribution in [2.24, 2.45) is 0 Å². The highest BCUT2D eigenvalue weighted by molar-refractivity contribution is 7.90. The fourth-order valence-electron chi connectivity index (χ4n) is 2.47. The molecule has 6 nitrogen and oxygen atoms in total. The topological polar surface area (TPSA) is 75.4 Å². The Morgan fingerprint density at radius 3 is 2.58 bits per heavy atom. The molecule has 0 saturated carbocycles. The second-order valence-corrected chi connectivity index (χ2v) is 7.31. The molecule has 1 aromatic heterocycles. The summed E-state index contributed by atoms with van der Waals surface area (Å²) < 4.78 is 26.9. The largest absolute Gasteiger partial charge is 0.508 e. The molecule has 1 heterocycles. The van der Waals surface area contributed by atoms with Crippen molar-refractivity contribution in [1.29, 1.82) is 0 Å². The minimum Gasteiger partial charge on any atom is -0.508 e. The summed E-state index contributed by atoms with van der Waals surface area (Å²) in [6, 6.07) is 12.7. The molecule has 0 aliphatic carbocycles. The summed E-state index contributed by atoms with van der Waals surface area (Å²) in [4.78, 5) is 2.07. The van der Waals surface area contributed by atoms with Crippen molar-refractivity contribution in [1.82, 2.24) is 14.1 Å². The molecule has 0 atom stereocenters. The van der Waals surface area contributed by atoms with Crippen LogP contribution in [0.5, 0.6) is 5.75 Å². The van der Waals surface area contributed by atoms with E-state index in [2.05, 4.69) is 12.0 Å². The first-order valence-corrected chi connectivity index (χ1v) is 8.86. The third-order valence-corrected chi connectivity index (χ3v) is 5.38. The van der Waals surface area contributed by atoms with Crippen LogP contribution in [0.2, 0.25) is 0 Å². The van der Waals surface area contributed by atoms with Crippen molar-refractivity contribution in [3.63, 3.8) is 0 Å². The van der Waals surface area contributed by atoms with Crippen LogP contribution >= 0.6 is 0 Å². The number of benzene rings is 2. The van der Waals surface area contributed by atoms with E-state index >= 15 is 0 Å². The normalized spacial score (nSPS) is 12.1. The summed E-state index contributed by atoms with van der Waals surface area (Å²) in [5, 5.41) is 14.7. The number of phenols is 1. The van der Waals surface area contributed by atoms with Gasteiger partial charge in [-0.05, 0) is 50.8 Å². The molecular formula is C17H18N3O3S. The summed E-state index contributed by atoms with van der Waals surface area (Å²) >= 11 is 0. The lowest BCUT2D eigenvalue weighted by molar-refractivity contribution is 0.357. The van der Waals surface area contributed by atoms with Crippen molar-refractivity contribution in [3.8, 4) is 5.75 Å². The van der Waals surface area contributed by atoms with Gasteiger partial charge in [0.2, 0.25) is 0 Å².